The van der Waals surface area contributed by atoms with Crippen LogP contribution < -0.4 is 21.3 Å². The van der Waals surface area contributed by atoms with Crippen LogP contribution in [0.2, 0.25) is 0 Å². The summed E-state index contributed by atoms with van der Waals surface area (Å²) >= 11 is 0. The first-order valence-electron chi connectivity index (χ1n) is 10.5. The van der Waals surface area contributed by atoms with Crippen LogP contribution in [-0.2, 0) is 18.5 Å². The number of methoxy groups -OCH3 is 1. The molecular weight excluding hydrogens is 494 g/mol. The van der Waals surface area contributed by atoms with E-state index < -0.39 is 46.4 Å². The van der Waals surface area contributed by atoms with Gasteiger partial charge >= 0.3 is 18.0 Å². The first-order valence-corrected chi connectivity index (χ1v) is 10.5. The van der Waals surface area contributed by atoms with Crippen molar-refractivity contribution in [3.63, 3.8) is 0 Å². The van der Waals surface area contributed by atoms with Crippen molar-refractivity contribution in [3.8, 4) is 5.75 Å². The number of aliphatic imine (C=N–C) groups is 1. The van der Waals surface area contributed by atoms with E-state index in [1.807, 2.05) is 0 Å². The summed E-state index contributed by atoms with van der Waals surface area (Å²) in [6, 6.07) is 13.6. The van der Waals surface area contributed by atoms with Crippen molar-refractivity contribution < 1.29 is 31.1 Å². The molecule has 0 bridgehead atoms. The molecule has 0 amide bonds. The number of fused-ring (bicyclic) bond motifs is 1. The quantitative estimate of drug-likeness (QED) is 0.507. The van der Waals surface area contributed by atoms with Gasteiger partial charge in [-0.3, -0.25) is 14.3 Å². The van der Waals surface area contributed by atoms with Crippen molar-refractivity contribution in [2.45, 2.75) is 30.9 Å². The Labute approximate surface area is 199 Å². The van der Waals surface area contributed by atoms with Gasteiger partial charge in [-0.1, -0.05) is 42.5 Å². The minimum absolute atomic E-state index is 0.0809. The Balaban J connectivity index is 2.01. The molecule has 1 aromatic heterocycles. The molecule has 1 aliphatic rings. The predicted molar refractivity (Wildman–Crippen MR) is 118 cm³/mol. The number of halogens is 6. The summed E-state index contributed by atoms with van der Waals surface area (Å²) in [5.41, 5.74) is -9.23. The molecule has 13 heteroatoms. The van der Waals surface area contributed by atoms with E-state index in [4.69, 9.17) is 4.74 Å². The highest BCUT2D eigenvalue weighted by atomic mass is 19.4. The maximum Gasteiger partial charge on any atom is 0.427 e. The molecule has 2 heterocycles. The minimum atomic E-state index is -6.08. The number of hydrogen-bond donors (Lipinski definition) is 2. The number of hydrogen-bond acceptors (Lipinski definition) is 5. The first-order chi connectivity index (χ1) is 16.9. The van der Waals surface area contributed by atoms with Crippen molar-refractivity contribution >= 4 is 11.7 Å². The summed E-state index contributed by atoms with van der Waals surface area (Å²) in [5, 5.41) is 2.39. The average Bonchev–Trinajstić information content (AvgIpc) is 2.82. The Kier molecular flexibility index (Phi) is 6.18. The number of alkyl halides is 6. The van der Waals surface area contributed by atoms with Crippen LogP contribution in [-0.4, -0.2) is 34.8 Å². The number of ether oxygens (including phenoxy) is 1. The molecule has 0 unspecified atom stereocenters. The molecule has 3 aromatic rings. The molecule has 2 aromatic carbocycles. The van der Waals surface area contributed by atoms with E-state index in [1.54, 1.807) is 35.3 Å². The number of aromatic nitrogens is 2. The Bertz CT molecular complexity index is 1410. The van der Waals surface area contributed by atoms with Crippen molar-refractivity contribution in [3.05, 3.63) is 92.1 Å². The zero-order chi connectivity index (χ0) is 26.3. The zero-order valence-corrected chi connectivity index (χ0v) is 18.5. The maximum absolute atomic E-state index is 14.3. The topological polar surface area (TPSA) is 88.5 Å². The predicted octanol–water partition coefficient (Wildman–Crippen LogP) is 3.98. The zero-order valence-electron chi connectivity index (χ0n) is 18.5. The molecule has 2 N–H and O–H groups in total. The van der Waals surface area contributed by atoms with Crippen LogP contribution in [0.25, 0.3) is 0 Å². The van der Waals surface area contributed by atoms with E-state index >= 15 is 0 Å². The number of amidine groups is 1. The monoisotopic (exact) mass is 512 g/mol. The van der Waals surface area contributed by atoms with Crippen LogP contribution in [0.5, 0.6) is 5.75 Å². The molecule has 0 atom stereocenters. The summed E-state index contributed by atoms with van der Waals surface area (Å²) in [4.78, 5) is 29.9. The molecule has 0 aliphatic carbocycles. The van der Waals surface area contributed by atoms with Crippen LogP contribution in [0.1, 0.15) is 16.7 Å². The van der Waals surface area contributed by atoms with E-state index in [-0.39, 0.29) is 24.3 Å². The van der Waals surface area contributed by atoms with Gasteiger partial charge in [0.15, 0.2) is 0 Å². The van der Waals surface area contributed by atoms with Crippen LogP contribution in [0.4, 0.5) is 32.2 Å². The van der Waals surface area contributed by atoms with Gasteiger partial charge in [0.1, 0.15) is 23.0 Å². The summed E-state index contributed by atoms with van der Waals surface area (Å²) in [6.07, 6.45) is -12.1. The number of anilines is 1. The summed E-state index contributed by atoms with van der Waals surface area (Å²) in [5.74, 6) is -1.64. The molecule has 0 saturated carbocycles. The molecule has 0 fully saturated rings. The van der Waals surface area contributed by atoms with Gasteiger partial charge in [-0.2, -0.15) is 26.3 Å². The van der Waals surface area contributed by atoms with Crippen LogP contribution in [0.3, 0.4) is 0 Å². The Morgan fingerprint density at radius 3 is 2.25 bits per heavy atom. The SMILES string of the molecule is COc1cccc(C2=NC(C(F)(F)F)(C(F)(F)F)c3c(n(CCc4ccccc4)c(=O)[nH]c3=O)N2)c1. The van der Waals surface area contributed by atoms with E-state index in [0.29, 0.717) is 10.1 Å². The van der Waals surface area contributed by atoms with Gasteiger partial charge < -0.3 is 10.1 Å². The van der Waals surface area contributed by atoms with Gasteiger partial charge in [-0.05, 0) is 24.1 Å². The van der Waals surface area contributed by atoms with Crippen LogP contribution in [0, 0.1) is 0 Å². The second-order valence-corrected chi connectivity index (χ2v) is 7.89. The fourth-order valence-electron chi connectivity index (χ4n) is 3.98. The largest absolute Gasteiger partial charge is 0.497 e. The summed E-state index contributed by atoms with van der Waals surface area (Å²) < 4.78 is 91.8. The lowest BCUT2D eigenvalue weighted by Crippen LogP contribution is -2.59. The lowest BCUT2D eigenvalue weighted by Gasteiger charge is -2.38. The molecule has 7 nitrogen and oxygen atoms in total. The number of aromatic amines is 1. The number of H-pyrrole nitrogens is 1. The molecule has 190 valence electrons. The van der Waals surface area contributed by atoms with Gasteiger partial charge in [0, 0.05) is 12.1 Å². The number of benzene rings is 2. The fraction of sp³-hybridized carbons (Fsp3) is 0.261. The normalized spacial score (nSPS) is 15.0. The van der Waals surface area contributed by atoms with Crippen molar-refractivity contribution in [1.29, 1.82) is 0 Å². The van der Waals surface area contributed by atoms with Crippen molar-refractivity contribution in [2.75, 3.05) is 12.4 Å². The molecule has 36 heavy (non-hydrogen) atoms. The molecule has 0 saturated heterocycles. The van der Waals surface area contributed by atoms with Gasteiger partial charge in [-0.15, -0.1) is 0 Å². The van der Waals surface area contributed by atoms with Crippen molar-refractivity contribution in [1.82, 2.24) is 9.55 Å². The fourth-order valence-corrected chi connectivity index (χ4v) is 3.98. The third-order valence-corrected chi connectivity index (χ3v) is 5.71. The third-order valence-electron chi connectivity index (χ3n) is 5.71. The van der Waals surface area contributed by atoms with E-state index in [1.165, 1.54) is 31.4 Å². The highest BCUT2D eigenvalue weighted by Crippen LogP contribution is 2.55. The second kappa shape index (κ2) is 8.88. The first kappa shape index (κ1) is 25.1. The van der Waals surface area contributed by atoms with Gasteiger partial charge in [0.2, 0.25) is 0 Å². The Morgan fingerprint density at radius 1 is 0.972 bits per heavy atom. The smallest absolute Gasteiger partial charge is 0.427 e. The molecule has 1 aliphatic heterocycles. The number of nitrogens with one attached hydrogen (secondary N) is 2. The highest BCUT2D eigenvalue weighted by Gasteiger charge is 2.75. The van der Waals surface area contributed by atoms with Crippen molar-refractivity contribution in [2.24, 2.45) is 4.99 Å². The second-order valence-electron chi connectivity index (χ2n) is 7.89. The maximum atomic E-state index is 14.3. The van der Waals surface area contributed by atoms with E-state index in [0.717, 1.165) is 0 Å². The molecule has 0 spiro atoms. The lowest BCUT2D eigenvalue weighted by atomic mass is 9.87. The molecule has 0 radical (unpaired) electrons. The molecular formula is C23H18F6N4O3. The van der Waals surface area contributed by atoms with E-state index in [9.17, 15) is 35.9 Å². The molecule has 4 rings (SSSR count). The summed E-state index contributed by atoms with van der Waals surface area (Å²) in [7, 11) is 1.26. The average molecular weight is 512 g/mol. The van der Waals surface area contributed by atoms with Gasteiger partial charge in [-0.25, -0.2) is 9.79 Å². The highest BCUT2D eigenvalue weighted by molar-refractivity contribution is 6.10. The van der Waals surface area contributed by atoms with Gasteiger partial charge in [0.25, 0.3) is 11.1 Å². The van der Waals surface area contributed by atoms with Crippen LogP contribution >= 0.6 is 0 Å². The van der Waals surface area contributed by atoms with Crippen LogP contribution in [0.15, 0.2) is 69.2 Å². The Hall–Kier alpha value is -4.03. The standard InChI is InChI=1S/C23H18F6N4O3/c1-36-15-9-5-8-14(12-15)17-30-18-16(21(32-17,22(24,25)26)23(27,28)29)19(34)31-20(35)33(18)11-10-13-6-3-2-4-7-13/h2-9,12H,10-11H2,1H3,(H,30,32)(H,31,34,35). The number of aryl methyl sites for hydroxylation is 1. The number of rotatable bonds is 5. The third kappa shape index (κ3) is 4.14. The summed E-state index contributed by atoms with van der Waals surface area (Å²) in [6.45, 7) is -0.327. The minimum Gasteiger partial charge on any atom is -0.497 e. The Morgan fingerprint density at radius 2 is 1.64 bits per heavy atom. The van der Waals surface area contributed by atoms with E-state index in [2.05, 4.69) is 10.3 Å². The van der Waals surface area contributed by atoms with Gasteiger partial charge in [0.05, 0.1) is 7.11 Å². The number of nitrogens with zero attached hydrogens (tertiary/aromatic N) is 2. The lowest BCUT2D eigenvalue weighted by molar-refractivity contribution is -0.301.